The number of aromatic nitrogens is 2. The quantitative estimate of drug-likeness (QED) is 0.873. The largest absolute Gasteiger partial charge is 0.373 e. The SMILES string of the molecule is CNc1cc(NCC(C)N2CCCC2)nc(C(C)(C)C)n1. The zero-order chi connectivity index (χ0) is 15.5. The van der Waals surface area contributed by atoms with E-state index in [9.17, 15) is 0 Å². The monoisotopic (exact) mass is 291 g/mol. The van der Waals surface area contributed by atoms with E-state index < -0.39 is 0 Å². The number of nitrogens with one attached hydrogen (secondary N) is 2. The van der Waals surface area contributed by atoms with Crippen LogP contribution in [-0.4, -0.2) is 47.6 Å². The maximum Gasteiger partial charge on any atom is 0.138 e. The molecule has 1 aliphatic heterocycles. The van der Waals surface area contributed by atoms with Crippen LogP contribution in [0, 0.1) is 0 Å². The molecule has 0 aliphatic carbocycles. The molecule has 0 bridgehead atoms. The fourth-order valence-corrected chi connectivity index (χ4v) is 2.57. The number of anilines is 2. The second-order valence-electron chi connectivity index (χ2n) is 6.94. The highest BCUT2D eigenvalue weighted by Gasteiger charge is 2.20. The highest BCUT2D eigenvalue weighted by Crippen LogP contribution is 2.22. The van der Waals surface area contributed by atoms with Gasteiger partial charge in [-0.15, -0.1) is 0 Å². The molecule has 2 heterocycles. The van der Waals surface area contributed by atoms with Crippen molar-refractivity contribution >= 4 is 11.6 Å². The predicted octanol–water partition coefficient (Wildman–Crippen LogP) is 2.71. The minimum Gasteiger partial charge on any atom is -0.373 e. The molecule has 0 radical (unpaired) electrons. The van der Waals surface area contributed by atoms with E-state index in [-0.39, 0.29) is 5.41 Å². The van der Waals surface area contributed by atoms with Gasteiger partial charge in [0.1, 0.15) is 17.5 Å². The molecular formula is C16H29N5. The summed E-state index contributed by atoms with van der Waals surface area (Å²) in [5.74, 6) is 2.64. The summed E-state index contributed by atoms with van der Waals surface area (Å²) < 4.78 is 0. The second kappa shape index (κ2) is 6.60. The van der Waals surface area contributed by atoms with E-state index in [0.717, 1.165) is 24.0 Å². The summed E-state index contributed by atoms with van der Waals surface area (Å²) in [5.41, 5.74) is -0.0517. The molecule has 2 rings (SSSR count). The lowest BCUT2D eigenvalue weighted by Crippen LogP contribution is -2.35. The third-order valence-electron chi connectivity index (χ3n) is 4.00. The average Bonchev–Trinajstić information content (AvgIpc) is 2.97. The Kier molecular flexibility index (Phi) is 5.04. The molecule has 5 nitrogen and oxygen atoms in total. The van der Waals surface area contributed by atoms with Gasteiger partial charge < -0.3 is 10.6 Å². The molecule has 0 spiro atoms. The number of hydrogen-bond donors (Lipinski definition) is 2. The summed E-state index contributed by atoms with van der Waals surface area (Å²) in [7, 11) is 1.89. The van der Waals surface area contributed by atoms with E-state index in [0.29, 0.717) is 6.04 Å². The van der Waals surface area contributed by atoms with Gasteiger partial charge in [0.25, 0.3) is 0 Å². The van der Waals surface area contributed by atoms with Gasteiger partial charge >= 0.3 is 0 Å². The summed E-state index contributed by atoms with van der Waals surface area (Å²) in [6.45, 7) is 12.1. The average molecular weight is 291 g/mol. The van der Waals surface area contributed by atoms with Crippen LogP contribution in [0.5, 0.6) is 0 Å². The van der Waals surface area contributed by atoms with Gasteiger partial charge in [0.15, 0.2) is 0 Å². The van der Waals surface area contributed by atoms with Gasteiger partial charge in [-0.1, -0.05) is 20.8 Å². The van der Waals surface area contributed by atoms with Crippen LogP contribution in [0.4, 0.5) is 11.6 Å². The van der Waals surface area contributed by atoms with Crippen molar-refractivity contribution in [3.63, 3.8) is 0 Å². The van der Waals surface area contributed by atoms with Gasteiger partial charge in [0, 0.05) is 31.1 Å². The standard InChI is InChI=1S/C16H29N5/c1-12(21-8-6-7-9-21)11-18-14-10-13(17-5)19-15(20-14)16(2,3)4/h10,12H,6-9,11H2,1-5H3,(H2,17,18,19,20). The number of nitrogens with zero attached hydrogens (tertiary/aromatic N) is 3. The minimum atomic E-state index is -0.0517. The van der Waals surface area contributed by atoms with Crippen LogP contribution in [0.1, 0.15) is 46.4 Å². The van der Waals surface area contributed by atoms with Crippen LogP contribution in [0.15, 0.2) is 6.07 Å². The van der Waals surface area contributed by atoms with Crippen molar-refractivity contribution in [1.29, 1.82) is 0 Å². The van der Waals surface area contributed by atoms with Crippen LogP contribution in [0.2, 0.25) is 0 Å². The molecule has 1 fully saturated rings. The lowest BCUT2D eigenvalue weighted by Gasteiger charge is -2.24. The van der Waals surface area contributed by atoms with Crippen LogP contribution in [0.3, 0.4) is 0 Å². The summed E-state index contributed by atoms with van der Waals surface area (Å²) in [5, 5.41) is 6.60. The minimum absolute atomic E-state index is 0.0517. The van der Waals surface area contributed by atoms with Crippen molar-refractivity contribution in [1.82, 2.24) is 14.9 Å². The Hall–Kier alpha value is -1.36. The van der Waals surface area contributed by atoms with Gasteiger partial charge in [-0.25, -0.2) is 9.97 Å². The summed E-state index contributed by atoms with van der Waals surface area (Å²) in [6.07, 6.45) is 2.66. The summed E-state index contributed by atoms with van der Waals surface area (Å²) in [6, 6.07) is 2.52. The van der Waals surface area contributed by atoms with Crippen LogP contribution >= 0.6 is 0 Å². The molecule has 0 aromatic carbocycles. The molecule has 0 amide bonds. The first-order valence-corrected chi connectivity index (χ1v) is 7.95. The Morgan fingerprint density at radius 2 is 1.81 bits per heavy atom. The van der Waals surface area contributed by atoms with E-state index in [1.165, 1.54) is 25.9 Å². The zero-order valence-electron chi connectivity index (χ0n) is 14.0. The first-order valence-electron chi connectivity index (χ1n) is 7.95. The number of rotatable bonds is 5. The summed E-state index contributed by atoms with van der Waals surface area (Å²) >= 11 is 0. The first kappa shape index (κ1) is 16.0. The molecule has 0 saturated carbocycles. The van der Waals surface area contributed by atoms with Gasteiger partial charge in [-0.05, 0) is 32.9 Å². The van der Waals surface area contributed by atoms with Gasteiger partial charge in [0.2, 0.25) is 0 Å². The molecule has 2 N–H and O–H groups in total. The molecule has 1 saturated heterocycles. The fourth-order valence-electron chi connectivity index (χ4n) is 2.57. The molecule has 1 atom stereocenters. The Labute approximate surface area is 128 Å². The summed E-state index contributed by atoms with van der Waals surface area (Å²) in [4.78, 5) is 11.8. The van der Waals surface area contributed by atoms with E-state index in [4.69, 9.17) is 0 Å². The third-order valence-corrected chi connectivity index (χ3v) is 4.00. The fraction of sp³-hybridized carbons (Fsp3) is 0.750. The van der Waals surface area contributed by atoms with Crippen LogP contribution in [0.25, 0.3) is 0 Å². The number of hydrogen-bond acceptors (Lipinski definition) is 5. The molecule has 1 unspecified atom stereocenters. The van der Waals surface area contributed by atoms with Crippen molar-refractivity contribution < 1.29 is 0 Å². The Balaban J connectivity index is 2.04. The molecule has 1 aliphatic rings. The lowest BCUT2D eigenvalue weighted by molar-refractivity contribution is 0.269. The molecule has 1 aromatic heterocycles. The van der Waals surface area contributed by atoms with Crippen molar-refractivity contribution in [3.05, 3.63) is 11.9 Å². The topological polar surface area (TPSA) is 53.1 Å². The van der Waals surface area contributed by atoms with Gasteiger partial charge in [-0.3, -0.25) is 4.90 Å². The van der Waals surface area contributed by atoms with E-state index in [2.05, 4.69) is 53.2 Å². The zero-order valence-corrected chi connectivity index (χ0v) is 14.0. The van der Waals surface area contributed by atoms with E-state index in [1.807, 2.05) is 13.1 Å². The molecular weight excluding hydrogens is 262 g/mol. The van der Waals surface area contributed by atoms with Crippen LogP contribution in [-0.2, 0) is 5.41 Å². The Morgan fingerprint density at radius 3 is 2.38 bits per heavy atom. The van der Waals surface area contributed by atoms with E-state index in [1.54, 1.807) is 0 Å². The van der Waals surface area contributed by atoms with Crippen LogP contribution < -0.4 is 10.6 Å². The maximum absolute atomic E-state index is 4.67. The molecule has 5 heteroatoms. The normalized spacial score (nSPS) is 17.8. The van der Waals surface area contributed by atoms with Gasteiger partial charge in [-0.2, -0.15) is 0 Å². The lowest BCUT2D eigenvalue weighted by atomic mass is 9.96. The second-order valence-corrected chi connectivity index (χ2v) is 6.94. The smallest absolute Gasteiger partial charge is 0.138 e. The highest BCUT2D eigenvalue weighted by molar-refractivity contribution is 5.47. The molecule has 118 valence electrons. The highest BCUT2D eigenvalue weighted by atomic mass is 15.2. The van der Waals surface area contributed by atoms with Crippen molar-refractivity contribution in [3.8, 4) is 0 Å². The Morgan fingerprint density at radius 1 is 1.19 bits per heavy atom. The van der Waals surface area contributed by atoms with Gasteiger partial charge in [0.05, 0.1) is 0 Å². The van der Waals surface area contributed by atoms with Crippen molar-refractivity contribution in [2.75, 3.05) is 37.3 Å². The van der Waals surface area contributed by atoms with Crippen molar-refractivity contribution in [2.24, 2.45) is 0 Å². The molecule has 1 aromatic rings. The third kappa shape index (κ3) is 4.30. The maximum atomic E-state index is 4.67. The predicted molar refractivity (Wildman–Crippen MR) is 89.0 cm³/mol. The Bertz CT molecular complexity index is 460. The molecule has 21 heavy (non-hydrogen) atoms. The number of likely N-dealkylation sites (tertiary alicyclic amines) is 1. The first-order chi connectivity index (χ1) is 9.90. The van der Waals surface area contributed by atoms with E-state index >= 15 is 0 Å². The van der Waals surface area contributed by atoms with Crippen molar-refractivity contribution in [2.45, 2.75) is 52.0 Å².